The Labute approximate surface area is 152 Å². The summed E-state index contributed by atoms with van der Waals surface area (Å²) in [6.45, 7) is 5.77. The number of piperazine rings is 1. The lowest BCUT2D eigenvalue weighted by molar-refractivity contribution is -0.141. The van der Waals surface area contributed by atoms with Gasteiger partial charge in [0.1, 0.15) is 17.6 Å². The van der Waals surface area contributed by atoms with Crippen LogP contribution in [0.15, 0.2) is 30.6 Å². The maximum atomic E-state index is 13.0. The standard InChI is InChI=1S/C18H23ClN4O2/c1-12-4-5-14(19)16(10-12)25-13(2)18(24)23-9-6-20-11-15(23)17-21-7-8-22(17)3/h4-5,7-8,10,13,15,20H,6,9,11H2,1-3H3. The minimum Gasteiger partial charge on any atom is -0.479 e. The number of nitrogens with one attached hydrogen (secondary N) is 1. The van der Waals surface area contributed by atoms with Crippen molar-refractivity contribution in [1.29, 1.82) is 0 Å². The predicted molar refractivity (Wildman–Crippen MR) is 96.8 cm³/mol. The van der Waals surface area contributed by atoms with Crippen LogP contribution in [0.2, 0.25) is 5.02 Å². The Bertz CT molecular complexity index is 761. The normalized spacial score (nSPS) is 18.9. The third-order valence-corrected chi connectivity index (χ3v) is 4.73. The maximum Gasteiger partial charge on any atom is 0.264 e. The fourth-order valence-electron chi connectivity index (χ4n) is 3.07. The molecule has 0 spiro atoms. The second kappa shape index (κ2) is 7.45. The Balaban J connectivity index is 1.77. The summed E-state index contributed by atoms with van der Waals surface area (Å²) in [5.41, 5.74) is 1.03. The molecular formula is C18H23ClN4O2. The molecule has 1 aromatic carbocycles. The van der Waals surface area contributed by atoms with E-state index < -0.39 is 6.10 Å². The van der Waals surface area contributed by atoms with Crippen molar-refractivity contribution in [2.75, 3.05) is 19.6 Å². The molecular weight excluding hydrogens is 340 g/mol. The largest absolute Gasteiger partial charge is 0.479 e. The molecule has 1 aliphatic rings. The molecule has 1 fully saturated rings. The molecule has 3 rings (SSSR count). The maximum absolute atomic E-state index is 13.0. The van der Waals surface area contributed by atoms with E-state index in [0.29, 0.717) is 23.9 Å². The molecule has 0 radical (unpaired) electrons. The van der Waals surface area contributed by atoms with Crippen LogP contribution in [-0.2, 0) is 11.8 Å². The molecule has 134 valence electrons. The highest BCUT2D eigenvalue weighted by atomic mass is 35.5. The molecule has 6 nitrogen and oxygen atoms in total. The van der Waals surface area contributed by atoms with Crippen molar-refractivity contribution in [3.05, 3.63) is 47.0 Å². The second-order valence-corrected chi connectivity index (χ2v) is 6.75. The first-order valence-electron chi connectivity index (χ1n) is 8.38. The van der Waals surface area contributed by atoms with Gasteiger partial charge in [-0.2, -0.15) is 0 Å². The molecule has 1 N–H and O–H groups in total. The number of halogens is 1. The van der Waals surface area contributed by atoms with Gasteiger partial charge in [-0.25, -0.2) is 4.98 Å². The molecule has 1 aromatic heterocycles. The minimum atomic E-state index is -0.625. The van der Waals surface area contributed by atoms with Crippen LogP contribution < -0.4 is 10.1 Å². The number of benzene rings is 1. The third kappa shape index (κ3) is 3.80. The van der Waals surface area contributed by atoms with Crippen LogP contribution in [0, 0.1) is 6.92 Å². The predicted octanol–water partition coefficient (Wildman–Crippen LogP) is 2.32. The van der Waals surface area contributed by atoms with Gasteiger partial charge in [0.05, 0.1) is 5.02 Å². The zero-order chi connectivity index (χ0) is 18.0. The van der Waals surface area contributed by atoms with Gasteiger partial charge >= 0.3 is 0 Å². The summed E-state index contributed by atoms with van der Waals surface area (Å²) < 4.78 is 7.81. The van der Waals surface area contributed by atoms with Gasteiger partial charge in [-0.05, 0) is 31.5 Å². The molecule has 0 bridgehead atoms. The summed E-state index contributed by atoms with van der Waals surface area (Å²) in [6, 6.07) is 5.43. The van der Waals surface area contributed by atoms with E-state index in [1.807, 2.05) is 41.8 Å². The summed E-state index contributed by atoms with van der Waals surface area (Å²) in [5.74, 6) is 1.33. The number of nitrogens with zero attached hydrogens (tertiary/aromatic N) is 3. The van der Waals surface area contributed by atoms with Crippen molar-refractivity contribution in [3.63, 3.8) is 0 Å². The van der Waals surface area contributed by atoms with Crippen molar-refractivity contribution in [3.8, 4) is 5.75 Å². The number of hydrogen-bond donors (Lipinski definition) is 1. The lowest BCUT2D eigenvalue weighted by Gasteiger charge is -2.37. The highest BCUT2D eigenvalue weighted by molar-refractivity contribution is 6.32. The van der Waals surface area contributed by atoms with Gasteiger partial charge in [-0.1, -0.05) is 17.7 Å². The number of aromatic nitrogens is 2. The second-order valence-electron chi connectivity index (χ2n) is 6.34. The summed E-state index contributed by atoms with van der Waals surface area (Å²) >= 11 is 6.19. The van der Waals surface area contributed by atoms with Gasteiger partial charge in [0, 0.05) is 39.1 Å². The van der Waals surface area contributed by atoms with Gasteiger partial charge < -0.3 is 19.5 Å². The highest BCUT2D eigenvalue weighted by Crippen LogP contribution is 2.28. The first-order valence-corrected chi connectivity index (χ1v) is 8.76. The smallest absolute Gasteiger partial charge is 0.264 e. The van der Waals surface area contributed by atoms with Crippen LogP contribution in [0.1, 0.15) is 24.4 Å². The number of carbonyl (C=O) groups is 1. The lowest BCUT2D eigenvalue weighted by Crippen LogP contribution is -2.52. The number of amides is 1. The molecule has 1 saturated heterocycles. The third-order valence-electron chi connectivity index (χ3n) is 4.42. The van der Waals surface area contributed by atoms with Crippen LogP contribution in [0.25, 0.3) is 0 Å². The first kappa shape index (κ1) is 17.8. The van der Waals surface area contributed by atoms with E-state index in [-0.39, 0.29) is 11.9 Å². The summed E-state index contributed by atoms with van der Waals surface area (Å²) in [7, 11) is 1.94. The van der Waals surface area contributed by atoms with E-state index in [4.69, 9.17) is 16.3 Å². The van der Waals surface area contributed by atoms with Gasteiger partial charge in [0.2, 0.25) is 0 Å². The molecule has 2 atom stereocenters. The number of rotatable bonds is 4. The fraction of sp³-hybridized carbons (Fsp3) is 0.444. The van der Waals surface area contributed by atoms with Crippen molar-refractivity contribution in [1.82, 2.24) is 19.8 Å². The Morgan fingerprint density at radius 2 is 2.28 bits per heavy atom. The number of imidazole rings is 1. The van der Waals surface area contributed by atoms with Crippen LogP contribution >= 0.6 is 11.6 Å². The number of carbonyl (C=O) groups excluding carboxylic acids is 1. The highest BCUT2D eigenvalue weighted by Gasteiger charge is 2.33. The van der Waals surface area contributed by atoms with E-state index in [2.05, 4.69) is 10.3 Å². The topological polar surface area (TPSA) is 59.4 Å². The van der Waals surface area contributed by atoms with Crippen molar-refractivity contribution >= 4 is 17.5 Å². The number of aryl methyl sites for hydroxylation is 2. The van der Waals surface area contributed by atoms with Crippen molar-refractivity contribution < 1.29 is 9.53 Å². The van der Waals surface area contributed by atoms with E-state index in [0.717, 1.165) is 17.9 Å². The molecule has 2 aromatic rings. The molecule has 2 heterocycles. The summed E-state index contributed by atoms with van der Waals surface area (Å²) in [4.78, 5) is 19.3. The number of hydrogen-bond acceptors (Lipinski definition) is 4. The van der Waals surface area contributed by atoms with Crippen LogP contribution in [0.4, 0.5) is 0 Å². The molecule has 7 heteroatoms. The van der Waals surface area contributed by atoms with Gasteiger partial charge in [-0.3, -0.25) is 4.79 Å². The Morgan fingerprint density at radius 3 is 3.00 bits per heavy atom. The molecule has 1 aliphatic heterocycles. The SMILES string of the molecule is Cc1ccc(Cl)c(OC(C)C(=O)N2CCNCC2c2nccn2C)c1. The fourth-order valence-corrected chi connectivity index (χ4v) is 3.23. The monoisotopic (exact) mass is 362 g/mol. The average molecular weight is 363 g/mol. The Morgan fingerprint density at radius 1 is 1.48 bits per heavy atom. The van der Waals surface area contributed by atoms with Crippen LogP contribution in [0.5, 0.6) is 5.75 Å². The minimum absolute atomic E-state index is 0.0629. The zero-order valence-electron chi connectivity index (χ0n) is 14.7. The van der Waals surface area contributed by atoms with E-state index in [9.17, 15) is 4.79 Å². The Hall–Kier alpha value is -2.05. The summed E-state index contributed by atoms with van der Waals surface area (Å²) in [5, 5.41) is 3.84. The van der Waals surface area contributed by atoms with Gasteiger partial charge in [0.25, 0.3) is 5.91 Å². The van der Waals surface area contributed by atoms with Gasteiger partial charge in [-0.15, -0.1) is 0 Å². The Kier molecular flexibility index (Phi) is 5.30. The van der Waals surface area contributed by atoms with Crippen molar-refractivity contribution in [2.24, 2.45) is 7.05 Å². The van der Waals surface area contributed by atoms with E-state index in [1.165, 1.54) is 0 Å². The molecule has 2 unspecified atom stereocenters. The molecule has 0 saturated carbocycles. The van der Waals surface area contributed by atoms with E-state index >= 15 is 0 Å². The lowest BCUT2D eigenvalue weighted by atomic mass is 10.1. The van der Waals surface area contributed by atoms with Crippen LogP contribution in [0.3, 0.4) is 0 Å². The van der Waals surface area contributed by atoms with Gasteiger partial charge in [0.15, 0.2) is 6.10 Å². The van der Waals surface area contributed by atoms with Crippen molar-refractivity contribution in [2.45, 2.75) is 26.0 Å². The number of ether oxygens (including phenoxy) is 1. The summed E-state index contributed by atoms with van der Waals surface area (Å²) in [6.07, 6.45) is 3.01. The van der Waals surface area contributed by atoms with E-state index in [1.54, 1.807) is 19.2 Å². The molecule has 1 amide bonds. The average Bonchev–Trinajstić information content (AvgIpc) is 3.03. The zero-order valence-corrected chi connectivity index (χ0v) is 15.5. The first-order chi connectivity index (χ1) is 12.0. The van der Waals surface area contributed by atoms with Crippen LogP contribution in [-0.4, -0.2) is 46.1 Å². The quantitative estimate of drug-likeness (QED) is 0.906. The molecule has 0 aliphatic carbocycles. The molecule has 25 heavy (non-hydrogen) atoms.